The van der Waals surface area contributed by atoms with Crippen LogP contribution in [0.3, 0.4) is 0 Å². The molecule has 0 radical (unpaired) electrons. The first-order valence-corrected chi connectivity index (χ1v) is 13.5. The highest BCUT2D eigenvalue weighted by molar-refractivity contribution is 7.99. The number of aromatic nitrogens is 1. The van der Waals surface area contributed by atoms with Crippen LogP contribution in [0, 0.1) is 43.4 Å². The maximum atomic E-state index is 13.4. The number of nitrogens with two attached hydrogens (primary N) is 1. The Labute approximate surface area is 220 Å². The first-order valence-electron chi connectivity index (χ1n) is 11.3. The van der Waals surface area contributed by atoms with Gasteiger partial charge in [0.1, 0.15) is 28.5 Å². The topological polar surface area (TPSA) is 122 Å². The van der Waals surface area contributed by atoms with E-state index in [4.69, 9.17) is 15.2 Å². The summed E-state index contributed by atoms with van der Waals surface area (Å²) in [6.07, 6.45) is 1.60. The van der Waals surface area contributed by atoms with Crippen LogP contribution in [0.1, 0.15) is 47.7 Å². The summed E-state index contributed by atoms with van der Waals surface area (Å²) in [5.41, 5.74) is 10.4. The van der Waals surface area contributed by atoms with E-state index in [-0.39, 0.29) is 34.6 Å². The number of nitriles is 2. The van der Waals surface area contributed by atoms with Gasteiger partial charge in [-0.1, -0.05) is 23.9 Å². The van der Waals surface area contributed by atoms with Crippen LogP contribution in [0.4, 0.5) is 0 Å². The summed E-state index contributed by atoms with van der Waals surface area (Å²) in [5, 5.41) is 20.2. The molecule has 0 fully saturated rings. The smallest absolute Gasteiger partial charge is 0.338 e. The van der Waals surface area contributed by atoms with Gasteiger partial charge in [0.2, 0.25) is 5.88 Å². The Kier molecular flexibility index (Phi) is 8.73. The van der Waals surface area contributed by atoms with Gasteiger partial charge in [0.25, 0.3) is 0 Å². The van der Waals surface area contributed by atoms with E-state index in [0.717, 1.165) is 27.3 Å². The summed E-state index contributed by atoms with van der Waals surface area (Å²) in [6.45, 7) is 9.23. The second-order valence-electron chi connectivity index (χ2n) is 8.52. The molecule has 1 unspecified atom stereocenters. The van der Waals surface area contributed by atoms with Crippen molar-refractivity contribution in [1.82, 2.24) is 4.98 Å². The number of nitrogens with zero attached hydrogens (tertiary/aromatic N) is 3. The maximum Gasteiger partial charge on any atom is 0.338 e. The molecule has 186 valence electrons. The zero-order chi connectivity index (χ0) is 26.6. The van der Waals surface area contributed by atoms with Crippen LogP contribution in [-0.2, 0) is 14.3 Å². The van der Waals surface area contributed by atoms with Crippen molar-refractivity contribution in [2.75, 3.05) is 12.0 Å². The molecule has 0 spiro atoms. The normalized spacial score (nSPS) is 15.4. The lowest BCUT2D eigenvalue weighted by Gasteiger charge is -2.28. The van der Waals surface area contributed by atoms with Gasteiger partial charge in [0, 0.05) is 10.6 Å². The van der Waals surface area contributed by atoms with Gasteiger partial charge in [-0.2, -0.15) is 10.5 Å². The van der Waals surface area contributed by atoms with Crippen LogP contribution in [0.2, 0.25) is 0 Å². The average molecular weight is 521 g/mol. The number of hydrogen-bond acceptors (Lipinski definition) is 9. The first kappa shape index (κ1) is 27.2. The Morgan fingerprint density at radius 1 is 1.17 bits per heavy atom. The molecule has 2 N–H and O–H groups in total. The molecule has 7 nitrogen and oxygen atoms in total. The number of rotatable bonds is 7. The summed E-state index contributed by atoms with van der Waals surface area (Å²) in [6, 6.07) is 12.0. The highest BCUT2D eigenvalue weighted by Crippen LogP contribution is 2.42. The number of thioether (sulfide) groups is 2. The third-order valence-corrected chi connectivity index (χ3v) is 7.64. The molecule has 1 aliphatic heterocycles. The molecule has 1 aromatic carbocycles. The van der Waals surface area contributed by atoms with Crippen molar-refractivity contribution >= 4 is 29.5 Å². The van der Waals surface area contributed by atoms with Crippen LogP contribution < -0.4 is 5.73 Å². The number of allylic oxidation sites excluding steroid dienone is 1. The van der Waals surface area contributed by atoms with Crippen LogP contribution in [0.5, 0.6) is 0 Å². The molecule has 36 heavy (non-hydrogen) atoms. The van der Waals surface area contributed by atoms with Crippen molar-refractivity contribution in [2.45, 2.75) is 56.6 Å². The fraction of sp³-hybridized carbons (Fsp3) is 0.333. The van der Waals surface area contributed by atoms with E-state index in [2.05, 4.69) is 17.1 Å². The van der Waals surface area contributed by atoms with Gasteiger partial charge in [-0.05, 0) is 69.7 Å². The summed E-state index contributed by atoms with van der Waals surface area (Å²) in [7, 11) is 0. The van der Waals surface area contributed by atoms with E-state index in [0.29, 0.717) is 10.6 Å². The number of aryl methyl sites for hydroxylation is 1. The number of esters is 1. The summed E-state index contributed by atoms with van der Waals surface area (Å²) >= 11 is 2.87. The number of carbonyl (C=O) groups is 1. The van der Waals surface area contributed by atoms with Crippen LogP contribution in [-0.4, -0.2) is 29.1 Å². The largest absolute Gasteiger partial charge is 0.459 e. The number of hydrogen-bond donors (Lipinski definition) is 1. The molecule has 2 aromatic rings. The van der Waals surface area contributed by atoms with E-state index >= 15 is 0 Å². The predicted molar refractivity (Wildman–Crippen MR) is 141 cm³/mol. The molecule has 2 heterocycles. The van der Waals surface area contributed by atoms with Gasteiger partial charge in [-0.3, -0.25) is 0 Å². The molecule has 0 saturated carbocycles. The lowest BCUT2D eigenvalue weighted by molar-refractivity contribution is -0.143. The maximum absolute atomic E-state index is 13.4. The number of carbonyl (C=O) groups excluding carboxylic acids is 1. The van der Waals surface area contributed by atoms with Crippen LogP contribution >= 0.6 is 23.5 Å². The highest BCUT2D eigenvalue weighted by Gasteiger charge is 2.38. The van der Waals surface area contributed by atoms with Crippen molar-refractivity contribution in [3.05, 3.63) is 75.0 Å². The number of benzene rings is 1. The van der Waals surface area contributed by atoms with E-state index in [9.17, 15) is 15.3 Å². The molecule has 3 rings (SSSR count). The third kappa shape index (κ3) is 5.53. The standard InChI is InChI=1S/C27H28N4O3S2/c1-14(2)33-27(32)24-22(13-36-26-20(11-28)16(4)15(3)17(5)31-26)34-25(30)21(12-29)23(24)18-7-9-19(35-6)10-8-18/h7-10,14,23H,13,30H2,1-6H3. The first-order chi connectivity index (χ1) is 17.1. The van der Waals surface area contributed by atoms with Crippen molar-refractivity contribution in [2.24, 2.45) is 5.73 Å². The monoisotopic (exact) mass is 520 g/mol. The molecule has 1 aliphatic rings. The molecular formula is C27H28N4O3S2. The van der Waals surface area contributed by atoms with Gasteiger partial charge in [-0.25, -0.2) is 9.78 Å². The van der Waals surface area contributed by atoms with Gasteiger partial charge < -0.3 is 15.2 Å². The lowest BCUT2D eigenvalue weighted by Crippen LogP contribution is -2.28. The predicted octanol–water partition coefficient (Wildman–Crippen LogP) is 5.41. The van der Waals surface area contributed by atoms with Gasteiger partial charge in [0.15, 0.2) is 0 Å². The Morgan fingerprint density at radius 3 is 2.39 bits per heavy atom. The molecule has 0 bridgehead atoms. The van der Waals surface area contributed by atoms with Crippen LogP contribution in [0.15, 0.2) is 57.0 Å². The van der Waals surface area contributed by atoms with Gasteiger partial charge in [-0.15, -0.1) is 11.8 Å². The minimum atomic E-state index is -0.744. The molecule has 1 aromatic heterocycles. The Balaban J connectivity index is 2.13. The third-order valence-electron chi connectivity index (χ3n) is 5.92. The molecule has 0 amide bonds. The summed E-state index contributed by atoms with van der Waals surface area (Å²) in [5.74, 6) is -0.929. The second-order valence-corrected chi connectivity index (χ2v) is 10.4. The molecule has 0 saturated heterocycles. The fourth-order valence-electron chi connectivity index (χ4n) is 3.84. The minimum Gasteiger partial charge on any atom is -0.459 e. The zero-order valence-corrected chi connectivity index (χ0v) is 22.8. The molecular weight excluding hydrogens is 492 g/mol. The van der Waals surface area contributed by atoms with Crippen molar-refractivity contribution in [3.8, 4) is 12.1 Å². The fourth-order valence-corrected chi connectivity index (χ4v) is 5.27. The van der Waals surface area contributed by atoms with E-state index in [1.165, 1.54) is 11.8 Å². The number of pyridine rings is 1. The zero-order valence-electron chi connectivity index (χ0n) is 21.1. The highest BCUT2D eigenvalue weighted by atomic mass is 32.2. The van der Waals surface area contributed by atoms with E-state index < -0.39 is 11.9 Å². The van der Waals surface area contributed by atoms with Crippen LogP contribution in [0.25, 0.3) is 0 Å². The van der Waals surface area contributed by atoms with E-state index in [1.807, 2.05) is 51.3 Å². The van der Waals surface area contributed by atoms with Gasteiger partial charge in [0.05, 0.1) is 28.9 Å². The van der Waals surface area contributed by atoms with E-state index in [1.54, 1.807) is 25.6 Å². The van der Waals surface area contributed by atoms with Crippen molar-refractivity contribution in [3.63, 3.8) is 0 Å². The quantitative estimate of drug-likeness (QED) is 0.377. The Morgan fingerprint density at radius 2 is 1.83 bits per heavy atom. The summed E-state index contributed by atoms with van der Waals surface area (Å²) in [4.78, 5) is 19.0. The van der Waals surface area contributed by atoms with Crippen molar-refractivity contribution in [1.29, 1.82) is 10.5 Å². The molecule has 0 aliphatic carbocycles. The Bertz CT molecular complexity index is 1330. The Hall–Kier alpha value is -3.40. The molecule has 9 heteroatoms. The molecule has 1 atom stereocenters. The van der Waals surface area contributed by atoms with Gasteiger partial charge >= 0.3 is 5.97 Å². The average Bonchev–Trinajstić information content (AvgIpc) is 2.85. The second kappa shape index (κ2) is 11.6. The SMILES string of the molecule is CSc1ccc(C2C(C#N)=C(N)OC(CSc3nc(C)c(C)c(C)c3C#N)=C2C(=O)OC(C)C)cc1. The summed E-state index contributed by atoms with van der Waals surface area (Å²) < 4.78 is 11.4. The number of ether oxygens (including phenoxy) is 2. The lowest BCUT2D eigenvalue weighted by atomic mass is 9.83. The van der Waals surface area contributed by atoms with Crippen molar-refractivity contribution < 1.29 is 14.3 Å². The minimum absolute atomic E-state index is 0.0575.